The third kappa shape index (κ3) is 5.79. The zero-order valence-electron chi connectivity index (χ0n) is 18.2. The van der Waals surface area contributed by atoms with Crippen LogP contribution in [-0.2, 0) is 0 Å². The van der Waals surface area contributed by atoms with E-state index in [1.54, 1.807) is 12.1 Å². The Kier molecular flexibility index (Phi) is 6.66. The summed E-state index contributed by atoms with van der Waals surface area (Å²) in [7, 11) is 0. The van der Waals surface area contributed by atoms with Crippen LogP contribution in [0.15, 0.2) is 86.0 Å². The second-order valence-electron chi connectivity index (χ2n) is 6.14. The number of nitrogens with zero attached hydrogens (tertiary/aromatic N) is 3. The van der Waals surface area contributed by atoms with Gasteiger partial charge in [0.15, 0.2) is 0 Å². The Bertz CT molecular complexity index is 1120. The van der Waals surface area contributed by atoms with Crippen molar-refractivity contribution >= 4 is 37.5 Å². The average Bonchev–Trinajstić information content (AvgIpc) is 2.74. The second-order valence-corrected chi connectivity index (χ2v) is 7.85. The fourth-order valence-electron chi connectivity index (χ4n) is 2.61. The molecular weight excluding hydrogens is 490 g/mol. The van der Waals surface area contributed by atoms with E-state index in [0.29, 0.717) is 11.3 Å². The maximum absolute atomic E-state index is 8.41. The molecule has 0 saturated heterocycles. The van der Waals surface area contributed by atoms with Gasteiger partial charge in [0.1, 0.15) is 0 Å². The number of rotatable bonds is 5. The average molecular weight is 513 g/mol. The molecular formula is C24H21Br2N3. The number of hydrogen-bond acceptors (Lipinski definition) is 2. The lowest BCUT2D eigenvalue weighted by molar-refractivity contribution is 0.300. The molecule has 0 heterocycles. The highest BCUT2D eigenvalue weighted by Crippen LogP contribution is 2.38. The Labute approximate surface area is 191 Å². The van der Waals surface area contributed by atoms with Crippen molar-refractivity contribution in [3.63, 3.8) is 0 Å². The summed E-state index contributed by atoms with van der Waals surface area (Å²) < 4.78 is 18.4. The normalized spacial score (nSPS) is 11.6. The van der Waals surface area contributed by atoms with Crippen LogP contribution in [0.2, 0.25) is 0 Å². The zero-order valence-corrected chi connectivity index (χ0v) is 19.4. The second kappa shape index (κ2) is 10.4. The van der Waals surface area contributed by atoms with Crippen LogP contribution in [0.4, 0.5) is 5.69 Å². The van der Waals surface area contributed by atoms with Crippen LogP contribution in [0.3, 0.4) is 0 Å². The minimum absolute atomic E-state index is 0.218. The predicted octanol–water partition coefficient (Wildman–Crippen LogP) is 7.62. The van der Waals surface area contributed by atoms with Gasteiger partial charge in [-0.2, -0.15) is 0 Å². The predicted molar refractivity (Wildman–Crippen MR) is 127 cm³/mol. The molecule has 3 aromatic rings. The first-order chi connectivity index (χ1) is 14.9. The van der Waals surface area contributed by atoms with Crippen molar-refractivity contribution in [2.24, 2.45) is 10.3 Å². The van der Waals surface area contributed by atoms with E-state index in [9.17, 15) is 0 Å². The monoisotopic (exact) mass is 511 g/mol. The van der Waals surface area contributed by atoms with Gasteiger partial charge in [-0.25, -0.2) is 0 Å². The van der Waals surface area contributed by atoms with Crippen molar-refractivity contribution in [3.8, 4) is 23.0 Å². The summed E-state index contributed by atoms with van der Waals surface area (Å²) in [6.07, 6.45) is 0. The van der Waals surface area contributed by atoms with Crippen molar-refractivity contribution < 1.29 is 2.74 Å². The van der Waals surface area contributed by atoms with Gasteiger partial charge in [0.25, 0.3) is 0 Å². The van der Waals surface area contributed by atoms with Gasteiger partial charge in [-0.05, 0) is 55.8 Å². The minimum Gasteiger partial charge on any atom is -0.279 e. The maximum Gasteiger partial charge on any atom is 0.0897 e. The van der Waals surface area contributed by atoms with Crippen molar-refractivity contribution in [1.29, 1.82) is 0 Å². The first-order valence-electron chi connectivity index (χ1n) is 10.3. The standard InChI is InChI=1S/C24H21Br2N3/c1-3-29(4-2)28-27-21-16-22(25)24(23(26)17-21)20-14-12-19(13-15-20)11-10-18-8-6-5-7-9-18/h5-9,12-17H,3-4H2,1-2H3/i12D,13D. The summed E-state index contributed by atoms with van der Waals surface area (Å²) in [5, 5.41) is 10.4. The molecule has 3 nitrogen and oxygen atoms in total. The fraction of sp³-hybridized carbons (Fsp3) is 0.167. The molecule has 0 atom stereocenters. The summed E-state index contributed by atoms with van der Waals surface area (Å²) in [4.78, 5) is 0. The lowest BCUT2D eigenvalue weighted by Crippen LogP contribution is -2.14. The van der Waals surface area contributed by atoms with E-state index >= 15 is 0 Å². The van der Waals surface area contributed by atoms with E-state index in [1.165, 1.54) is 0 Å². The van der Waals surface area contributed by atoms with Gasteiger partial charge in [-0.1, -0.05) is 79.3 Å². The highest BCUT2D eigenvalue weighted by atomic mass is 79.9. The quantitative estimate of drug-likeness (QED) is 0.196. The maximum atomic E-state index is 8.41. The van der Waals surface area contributed by atoms with Gasteiger partial charge in [0.05, 0.1) is 8.43 Å². The molecule has 3 aromatic carbocycles. The van der Waals surface area contributed by atoms with Gasteiger partial charge < -0.3 is 0 Å². The molecule has 0 fully saturated rings. The summed E-state index contributed by atoms with van der Waals surface area (Å²) >= 11 is 7.22. The molecule has 0 radical (unpaired) electrons. The Morgan fingerprint density at radius 3 is 2.07 bits per heavy atom. The molecule has 0 bridgehead atoms. The first-order valence-corrected chi connectivity index (χ1v) is 10.9. The molecule has 5 heteroatoms. The van der Waals surface area contributed by atoms with Crippen LogP contribution in [0, 0.1) is 11.8 Å². The van der Waals surface area contributed by atoms with Gasteiger partial charge in [0.2, 0.25) is 0 Å². The van der Waals surface area contributed by atoms with E-state index < -0.39 is 0 Å². The third-order valence-corrected chi connectivity index (χ3v) is 5.43. The number of benzene rings is 3. The topological polar surface area (TPSA) is 28.0 Å². The largest absolute Gasteiger partial charge is 0.279 e. The van der Waals surface area contributed by atoms with Crippen molar-refractivity contribution in [3.05, 3.63) is 86.8 Å². The first kappa shape index (κ1) is 18.6. The molecule has 0 N–H and O–H groups in total. The lowest BCUT2D eigenvalue weighted by atomic mass is 10.0. The minimum atomic E-state index is 0.218. The summed E-state index contributed by atoms with van der Waals surface area (Å²) in [6, 6.07) is 17.2. The molecule has 0 spiro atoms. The SMILES string of the molecule is [2H]c1cc(-c2c(Br)cc(N=NN(CC)CC)cc2Br)cc([2H])c1C#Cc1ccccc1. The van der Waals surface area contributed by atoms with Crippen LogP contribution in [0.5, 0.6) is 0 Å². The van der Waals surface area contributed by atoms with Crippen LogP contribution in [0.1, 0.15) is 27.7 Å². The van der Waals surface area contributed by atoms with Gasteiger partial charge in [0, 0.05) is 38.7 Å². The fourth-order valence-corrected chi connectivity index (χ4v) is 4.23. The summed E-state index contributed by atoms with van der Waals surface area (Å²) in [6.45, 7) is 5.64. The molecule has 0 aliphatic rings. The lowest BCUT2D eigenvalue weighted by Gasteiger charge is -2.12. The van der Waals surface area contributed by atoms with Crippen molar-refractivity contribution in [1.82, 2.24) is 5.01 Å². The summed E-state index contributed by atoms with van der Waals surface area (Å²) in [5.41, 5.74) is 3.57. The van der Waals surface area contributed by atoms with Gasteiger partial charge in [-0.3, -0.25) is 5.01 Å². The van der Waals surface area contributed by atoms with Crippen LogP contribution >= 0.6 is 31.9 Å². The van der Waals surface area contributed by atoms with Gasteiger partial charge in [-0.15, -0.1) is 5.11 Å². The Balaban J connectivity index is 1.95. The molecule has 0 aliphatic heterocycles. The van der Waals surface area contributed by atoms with E-state index in [4.69, 9.17) is 2.74 Å². The Morgan fingerprint density at radius 1 is 0.897 bits per heavy atom. The van der Waals surface area contributed by atoms with Crippen molar-refractivity contribution in [2.45, 2.75) is 13.8 Å². The Morgan fingerprint density at radius 2 is 1.48 bits per heavy atom. The molecule has 0 unspecified atom stereocenters. The highest BCUT2D eigenvalue weighted by molar-refractivity contribution is 9.11. The van der Waals surface area contributed by atoms with Crippen LogP contribution < -0.4 is 0 Å². The van der Waals surface area contributed by atoms with Crippen LogP contribution in [0.25, 0.3) is 11.1 Å². The number of hydrogen-bond donors (Lipinski definition) is 0. The Hall–Kier alpha value is -2.42. The van der Waals surface area contributed by atoms with Gasteiger partial charge >= 0.3 is 0 Å². The van der Waals surface area contributed by atoms with E-state index in [-0.39, 0.29) is 12.1 Å². The molecule has 0 aromatic heterocycles. The van der Waals surface area contributed by atoms with Crippen molar-refractivity contribution in [2.75, 3.05) is 13.1 Å². The molecule has 0 saturated carbocycles. The summed E-state index contributed by atoms with van der Waals surface area (Å²) in [5.74, 6) is 6.00. The number of halogens is 2. The zero-order chi connectivity index (χ0) is 22.4. The highest BCUT2D eigenvalue weighted by Gasteiger charge is 2.10. The third-order valence-electron chi connectivity index (χ3n) is 4.18. The van der Waals surface area contributed by atoms with E-state index in [2.05, 4.69) is 54.0 Å². The molecule has 3 rings (SSSR count). The smallest absolute Gasteiger partial charge is 0.0897 e. The molecule has 0 amide bonds. The molecule has 29 heavy (non-hydrogen) atoms. The van der Waals surface area contributed by atoms with E-state index in [1.807, 2.05) is 61.3 Å². The molecule has 0 aliphatic carbocycles. The molecule has 146 valence electrons. The van der Waals surface area contributed by atoms with Crippen LogP contribution in [-0.4, -0.2) is 18.1 Å². The van der Waals surface area contributed by atoms with E-state index in [0.717, 1.165) is 38.7 Å².